The van der Waals surface area contributed by atoms with Gasteiger partial charge < -0.3 is 9.42 Å². The average Bonchev–Trinajstić information content (AvgIpc) is 3.26. The molecule has 0 aliphatic carbocycles. The Kier molecular flexibility index (Phi) is 3.33. The Balaban J connectivity index is 1.56. The first-order valence-corrected chi connectivity index (χ1v) is 7.73. The van der Waals surface area contributed by atoms with E-state index in [2.05, 4.69) is 15.5 Å². The molecule has 7 nitrogen and oxygen atoms in total. The van der Waals surface area contributed by atoms with Crippen molar-refractivity contribution < 1.29 is 9.32 Å². The Morgan fingerprint density at radius 3 is 3.09 bits per heavy atom. The summed E-state index contributed by atoms with van der Waals surface area (Å²) in [4.78, 5) is 14.6. The van der Waals surface area contributed by atoms with Gasteiger partial charge in [-0.05, 0) is 31.9 Å². The van der Waals surface area contributed by atoms with Crippen molar-refractivity contribution in [3.8, 4) is 0 Å². The smallest absolute Gasteiger partial charge is 0.244 e. The van der Waals surface area contributed by atoms with Crippen LogP contribution in [0, 0.1) is 6.92 Å². The monoisotopic (exact) mass is 311 g/mol. The molecule has 23 heavy (non-hydrogen) atoms. The summed E-state index contributed by atoms with van der Waals surface area (Å²) in [5.74, 6) is 0.797. The van der Waals surface area contributed by atoms with Crippen molar-refractivity contribution in [3.05, 3.63) is 41.8 Å². The zero-order valence-corrected chi connectivity index (χ0v) is 12.8. The summed E-state index contributed by atoms with van der Waals surface area (Å²) in [6.07, 6.45) is 1.89. The lowest BCUT2D eigenvalue weighted by atomic mass is 10.1. The highest BCUT2D eigenvalue weighted by Crippen LogP contribution is 2.31. The van der Waals surface area contributed by atoms with Crippen molar-refractivity contribution in [1.82, 2.24) is 25.1 Å². The molecule has 3 aromatic rings. The number of likely N-dealkylation sites (tertiary alicyclic amines) is 1. The number of carbonyl (C=O) groups excluding carboxylic acids is 1. The molecule has 0 saturated carbocycles. The van der Waals surface area contributed by atoms with Crippen LogP contribution in [0.15, 0.2) is 34.9 Å². The van der Waals surface area contributed by atoms with Crippen molar-refractivity contribution in [2.75, 3.05) is 6.54 Å². The van der Waals surface area contributed by atoms with Gasteiger partial charge >= 0.3 is 0 Å². The zero-order valence-electron chi connectivity index (χ0n) is 12.8. The van der Waals surface area contributed by atoms with Crippen molar-refractivity contribution in [2.24, 2.45) is 0 Å². The van der Waals surface area contributed by atoms with E-state index in [0.717, 1.165) is 41.9 Å². The van der Waals surface area contributed by atoms with E-state index in [9.17, 15) is 4.79 Å². The molecular formula is C16H17N5O2. The molecule has 1 aromatic carbocycles. The van der Waals surface area contributed by atoms with Gasteiger partial charge in [0.25, 0.3) is 0 Å². The summed E-state index contributed by atoms with van der Waals surface area (Å²) in [5.41, 5.74) is 2.50. The molecule has 0 bridgehead atoms. The summed E-state index contributed by atoms with van der Waals surface area (Å²) >= 11 is 0. The lowest BCUT2D eigenvalue weighted by molar-refractivity contribution is -0.133. The molecule has 2 aromatic heterocycles. The van der Waals surface area contributed by atoms with Crippen LogP contribution in [-0.4, -0.2) is 37.5 Å². The molecule has 0 spiro atoms. The molecule has 0 N–H and O–H groups in total. The van der Waals surface area contributed by atoms with Gasteiger partial charge in [0.15, 0.2) is 0 Å². The Hall–Kier alpha value is -2.70. The number of amides is 1. The fourth-order valence-electron chi connectivity index (χ4n) is 3.17. The van der Waals surface area contributed by atoms with Crippen molar-refractivity contribution >= 4 is 16.9 Å². The first-order valence-electron chi connectivity index (χ1n) is 7.73. The topological polar surface area (TPSA) is 77.1 Å². The van der Waals surface area contributed by atoms with E-state index in [1.165, 1.54) is 0 Å². The van der Waals surface area contributed by atoms with Crippen LogP contribution in [0.2, 0.25) is 0 Å². The number of nitrogens with zero attached hydrogens (tertiary/aromatic N) is 5. The van der Waals surface area contributed by atoms with E-state index in [1.54, 1.807) is 4.68 Å². The van der Waals surface area contributed by atoms with Crippen molar-refractivity contribution in [1.29, 1.82) is 0 Å². The van der Waals surface area contributed by atoms with Crippen LogP contribution in [0.4, 0.5) is 0 Å². The van der Waals surface area contributed by atoms with E-state index in [4.69, 9.17) is 4.52 Å². The summed E-state index contributed by atoms with van der Waals surface area (Å²) in [6, 6.07) is 9.54. The molecule has 1 amide bonds. The number of rotatable bonds is 3. The van der Waals surface area contributed by atoms with Crippen molar-refractivity contribution in [3.63, 3.8) is 0 Å². The number of benzene rings is 1. The second kappa shape index (κ2) is 5.49. The SMILES string of the molecule is Cc1cc(C2CCCN2C(=O)Cn2nnc3ccccc32)no1. The molecule has 1 atom stereocenters. The molecule has 118 valence electrons. The maximum atomic E-state index is 12.7. The second-order valence-corrected chi connectivity index (χ2v) is 5.84. The maximum Gasteiger partial charge on any atom is 0.244 e. The van der Waals surface area contributed by atoms with Crippen LogP contribution in [-0.2, 0) is 11.3 Å². The molecular weight excluding hydrogens is 294 g/mol. The number of aryl methyl sites for hydroxylation is 1. The third-order valence-electron chi connectivity index (χ3n) is 4.27. The minimum absolute atomic E-state index is 0.00487. The lowest BCUT2D eigenvalue weighted by Crippen LogP contribution is -2.33. The Bertz CT molecular complexity index is 853. The molecule has 1 saturated heterocycles. The van der Waals surface area contributed by atoms with Gasteiger partial charge in [-0.1, -0.05) is 22.5 Å². The van der Waals surface area contributed by atoms with Crippen LogP contribution in [0.5, 0.6) is 0 Å². The molecule has 7 heteroatoms. The highest BCUT2D eigenvalue weighted by Gasteiger charge is 2.32. The van der Waals surface area contributed by atoms with Gasteiger partial charge in [0.05, 0.1) is 11.6 Å². The molecule has 1 unspecified atom stereocenters. The van der Waals surface area contributed by atoms with Crippen LogP contribution in [0.1, 0.15) is 30.3 Å². The minimum atomic E-state index is -0.00487. The van der Waals surface area contributed by atoms with E-state index >= 15 is 0 Å². The van der Waals surface area contributed by atoms with Gasteiger partial charge in [0.2, 0.25) is 5.91 Å². The van der Waals surface area contributed by atoms with E-state index in [1.807, 2.05) is 42.2 Å². The normalized spacial score (nSPS) is 18.0. The number of hydrogen-bond donors (Lipinski definition) is 0. The predicted molar refractivity (Wildman–Crippen MR) is 82.5 cm³/mol. The average molecular weight is 311 g/mol. The molecule has 0 radical (unpaired) electrons. The fraction of sp³-hybridized carbons (Fsp3) is 0.375. The lowest BCUT2D eigenvalue weighted by Gasteiger charge is -2.22. The molecule has 1 aliphatic rings. The quantitative estimate of drug-likeness (QED) is 0.740. The summed E-state index contributed by atoms with van der Waals surface area (Å²) in [6.45, 7) is 2.79. The molecule has 3 heterocycles. The fourth-order valence-corrected chi connectivity index (χ4v) is 3.17. The number of hydrogen-bond acceptors (Lipinski definition) is 5. The van der Waals surface area contributed by atoms with Gasteiger partial charge in [-0.3, -0.25) is 4.79 Å². The van der Waals surface area contributed by atoms with Crippen LogP contribution in [0.25, 0.3) is 11.0 Å². The van der Waals surface area contributed by atoms with E-state index in [0.29, 0.717) is 0 Å². The second-order valence-electron chi connectivity index (χ2n) is 5.84. The van der Waals surface area contributed by atoms with Gasteiger partial charge in [0.1, 0.15) is 23.5 Å². The highest BCUT2D eigenvalue weighted by atomic mass is 16.5. The predicted octanol–water partition coefficient (Wildman–Crippen LogP) is 2.09. The van der Waals surface area contributed by atoms with E-state index in [-0.39, 0.29) is 18.5 Å². The zero-order chi connectivity index (χ0) is 15.8. The Morgan fingerprint density at radius 1 is 1.39 bits per heavy atom. The van der Waals surface area contributed by atoms with Gasteiger partial charge in [-0.2, -0.15) is 0 Å². The summed E-state index contributed by atoms with van der Waals surface area (Å²) in [7, 11) is 0. The first kappa shape index (κ1) is 13.9. The Morgan fingerprint density at radius 2 is 2.26 bits per heavy atom. The van der Waals surface area contributed by atoms with Crippen LogP contribution in [0.3, 0.4) is 0 Å². The maximum absolute atomic E-state index is 12.7. The van der Waals surface area contributed by atoms with Crippen LogP contribution < -0.4 is 0 Å². The van der Waals surface area contributed by atoms with Gasteiger partial charge in [-0.15, -0.1) is 5.10 Å². The number of fused-ring (bicyclic) bond motifs is 1. The Labute approximate surface area is 132 Å². The van der Waals surface area contributed by atoms with Gasteiger partial charge in [-0.25, -0.2) is 4.68 Å². The molecule has 1 aliphatic heterocycles. The van der Waals surface area contributed by atoms with E-state index < -0.39 is 0 Å². The standard InChI is InChI=1S/C16H17N5O2/c1-11-9-13(18-23-11)14-7-4-8-20(14)16(22)10-21-15-6-3-2-5-12(15)17-19-21/h2-3,5-6,9,14H,4,7-8,10H2,1H3. The van der Waals surface area contributed by atoms with Gasteiger partial charge in [0, 0.05) is 12.6 Å². The van der Waals surface area contributed by atoms with Crippen molar-refractivity contribution in [2.45, 2.75) is 32.4 Å². The number of aromatic nitrogens is 4. The summed E-state index contributed by atoms with van der Waals surface area (Å²) < 4.78 is 6.81. The highest BCUT2D eigenvalue weighted by molar-refractivity contribution is 5.80. The third-order valence-corrected chi connectivity index (χ3v) is 4.27. The minimum Gasteiger partial charge on any atom is -0.361 e. The largest absolute Gasteiger partial charge is 0.361 e. The third kappa shape index (κ3) is 2.48. The number of para-hydroxylation sites is 1. The molecule has 4 rings (SSSR count). The summed E-state index contributed by atoms with van der Waals surface area (Å²) in [5, 5.41) is 12.3. The first-order chi connectivity index (χ1) is 11.2. The molecule has 1 fully saturated rings. The number of carbonyl (C=O) groups is 1. The van der Waals surface area contributed by atoms with Crippen LogP contribution >= 0.6 is 0 Å².